The highest BCUT2D eigenvalue weighted by Gasteiger charge is 2.29. The second-order valence-electron chi connectivity index (χ2n) is 20.3. The van der Waals surface area contributed by atoms with Gasteiger partial charge in [-0.05, 0) is 97.6 Å². The number of nitrogens with zero attached hydrogens (tertiary/aromatic N) is 8. The summed E-state index contributed by atoms with van der Waals surface area (Å²) in [4.78, 5) is 63.8. The van der Waals surface area contributed by atoms with Crippen molar-refractivity contribution in [3.63, 3.8) is 0 Å². The number of anilines is 10. The summed E-state index contributed by atoms with van der Waals surface area (Å²) in [5.74, 6) is 2.47. The van der Waals surface area contributed by atoms with Gasteiger partial charge in [0.1, 0.15) is 17.3 Å². The third-order valence-corrected chi connectivity index (χ3v) is 14.7. The fourth-order valence-corrected chi connectivity index (χ4v) is 10.2. The molecule has 8 rings (SSSR count). The standard InChI is InChI=1S/C31H42N6O3S.C24H25N5O2/c1-22(2)28(38)20-36-14-16-37(17-15-36)26-12-10-24(11-13-26)34-30-32-19-23(3)29(35-30)33-25-8-7-9-27(18-25)41(39,40)21-31(4,5)6;1-14(2)21(30)16-10-11-18(15(3)12-16)26-24-25-13-20-22(27-24)28(4)19-9-7-6-8-17(19)23(31)29(20)5/h7-13,18-19,22H,14-17,20-21H2,1-6H3,(H2,32,33,34,35);6-14H,1-5H3,(H,25,26,27). The van der Waals surface area contributed by atoms with Crippen LogP contribution in [0.25, 0.3) is 0 Å². The molecule has 0 spiro atoms. The van der Waals surface area contributed by atoms with Gasteiger partial charge >= 0.3 is 0 Å². The molecule has 1 fully saturated rings. The number of piperazine rings is 1. The average Bonchev–Trinajstić information content (AvgIpc) is 3.41. The first-order valence-corrected chi connectivity index (χ1v) is 25.9. The van der Waals surface area contributed by atoms with Gasteiger partial charge in [-0.25, -0.2) is 18.4 Å². The first-order chi connectivity index (χ1) is 34.1. The Morgan fingerprint density at radius 3 is 2.04 bits per heavy atom. The van der Waals surface area contributed by atoms with Crippen LogP contribution in [0.5, 0.6) is 0 Å². The normalized spacial score (nSPS) is 14.0. The molecule has 4 heterocycles. The number of sulfone groups is 1. The van der Waals surface area contributed by atoms with E-state index in [1.165, 1.54) is 0 Å². The monoisotopic (exact) mass is 994 g/mol. The Hall–Kier alpha value is -7.24. The molecule has 1 amide bonds. The molecular weight excluding hydrogens is 927 g/mol. The summed E-state index contributed by atoms with van der Waals surface area (Å²) in [6.07, 6.45) is 3.38. The van der Waals surface area contributed by atoms with E-state index in [0.29, 0.717) is 58.4 Å². The number of hydrogen-bond acceptors (Lipinski definition) is 15. The molecule has 16 nitrogen and oxygen atoms in total. The third kappa shape index (κ3) is 12.8. The van der Waals surface area contributed by atoms with Crippen LogP contribution in [0.3, 0.4) is 0 Å². The fraction of sp³-hybridized carbons (Fsp3) is 0.364. The Morgan fingerprint density at radius 1 is 0.694 bits per heavy atom. The van der Waals surface area contributed by atoms with Crippen LogP contribution in [0.15, 0.2) is 108 Å². The quantitative estimate of drug-likeness (QED) is 0.0875. The predicted octanol–water partition coefficient (Wildman–Crippen LogP) is 10.2. The summed E-state index contributed by atoms with van der Waals surface area (Å²) in [5, 5.41) is 9.77. The van der Waals surface area contributed by atoms with Crippen molar-refractivity contribution in [3.05, 3.63) is 126 Å². The Bertz CT molecular complexity index is 3060. The topological polar surface area (TPSA) is 186 Å². The summed E-state index contributed by atoms with van der Waals surface area (Å²) in [6, 6.07) is 28.0. The molecule has 378 valence electrons. The highest BCUT2D eigenvalue weighted by molar-refractivity contribution is 7.91. The Morgan fingerprint density at radius 2 is 1.38 bits per heavy atom. The van der Waals surface area contributed by atoms with Gasteiger partial charge in [0.2, 0.25) is 11.9 Å². The first kappa shape index (κ1) is 52.6. The lowest BCUT2D eigenvalue weighted by Gasteiger charge is -2.36. The van der Waals surface area contributed by atoms with E-state index in [9.17, 15) is 22.8 Å². The molecule has 4 aromatic carbocycles. The van der Waals surface area contributed by atoms with Crippen molar-refractivity contribution in [1.82, 2.24) is 24.8 Å². The maximum Gasteiger partial charge on any atom is 0.260 e. The van der Waals surface area contributed by atoms with Crippen LogP contribution in [0, 0.1) is 31.1 Å². The minimum absolute atomic E-state index is 0.0516. The van der Waals surface area contributed by atoms with Crippen molar-refractivity contribution in [2.45, 2.75) is 67.2 Å². The van der Waals surface area contributed by atoms with E-state index in [1.54, 1.807) is 42.5 Å². The SMILES string of the molecule is Cc1cc(C(=O)C(C)C)ccc1Nc1ncc2c(n1)N(C)c1ccccc1C(=O)N2C.Cc1cnc(Nc2ccc(N3CCN(CC(=O)C(C)C)CC3)cc2)nc1Nc1cccc(S(=O)(=O)CC(C)(C)C)c1. The number of amides is 1. The van der Waals surface area contributed by atoms with Gasteiger partial charge in [0.25, 0.3) is 5.91 Å². The van der Waals surface area contributed by atoms with Gasteiger partial charge in [-0.2, -0.15) is 9.97 Å². The number of ketones is 2. The molecule has 72 heavy (non-hydrogen) atoms. The van der Waals surface area contributed by atoms with E-state index in [2.05, 4.69) is 52.8 Å². The number of carbonyl (C=O) groups is 3. The molecule has 0 unspecified atom stereocenters. The van der Waals surface area contributed by atoms with Crippen molar-refractivity contribution < 1.29 is 22.8 Å². The van der Waals surface area contributed by atoms with Gasteiger partial charge < -0.3 is 30.7 Å². The minimum Gasteiger partial charge on any atom is -0.369 e. The highest BCUT2D eigenvalue weighted by Crippen LogP contribution is 2.38. The molecule has 0 atom stereocenters. The second kappa shape index (κ2) is 22.0. The van der Waals surface area contributed by atoms with E-state index in [0.717, 1.165) is 60.1 Å². The van der Waals surface area contributed by atoms with E-state index in [4.69, 9.17) is 4.98 Å². The molecule has 0 radical (unpaired) electrons. The Labute approximate surface area is 424 Å². The van der Waals surface area contributed by atoms with Crippen molar-refractivity contribution in [2.24, 2.45) is 17.3 Å². The van der Waals surface area contributed by atoms with Crippen LogP contribution >= 0.6 is 0 Å². The molecule has 2 aliphatic rings. The van der Waals surface area contributed by atoms with Crippen LogP contribution in [-0.4, -0.2) is 103 Å². The third-order valence-electron chi connectivity index (χ3n) is 12.4. The fourth-order valence-electron chi connectivity index (χ4n) is 8.31. The largest absolute Gasteiger partial charge is 0.369 e. The second-order valence-corrected chi connectivity index (χ2v) is 22.3. The molecule has 6 aromatic rings. The van der Waals surface area contributed by atoms with Crippen LogP contribution in [-0.2, 0) is 14.6 Å². The number of Topliss-reactive ketones (excluding diaryl/α,β-unsaturated/α-hetero) is 2. The van der Waals surface area contributed by atoms with E-state index >= 15 is 0 Å². The molecule has 2 aromatic heterocycles. The number of carbonyl (C=O) groups excluding carboxylic acids is 3. The number of aromatic nitrogens is 4. The molecule has 0 aliphatic carbocycles. The number of aryl methyl sites for hydroxylation is 2. The van der Waals surface area contributed by atoms with Gasteiger partial charge in [0.05, 0.1) is 34.6 Å². The van der Waals surface area contributed by atoms with Crippen LogP contribution in [0.2, 0.25) is 0 Å². The summed E-state index contributed by atoms with van der Waals surface area (Å²) in [6.45, 7) is 21.3. The van der Waals surface area contributed by atoms with Crippen LogP contribution < -0.4 is 30.7 Å². The van der Waals surface area contributed by atoms with Gasteiger partial charge in [-0.15, -0.1) is 0 Å². The van der Waals surface area contributed by atoms with Crippen LogP contribution in [0.4, 0.5) is 57.7 Å². The zero-order valence-electron chi connectivity index (χ0n) is 43.2. The van der Waals surface area contributed by atoms with Crippen molar-refractivity contribution >= 4 is 85.0 Å². The summed E-state index contributed by atoms with van der Waals surface area (Å²) < 4.78 is 25.8. The molecule has 17 heteroatoms. The van der Waals surface area contributed by atoms with Gasteiger partial charge in [-0.1, -0.05) is 66.7 Å². The van der Waals surface area contributed by atoms with Crippen LogP contribution in [0.1, 0.15) is 80.3 Å². The number of fused-ring (bicyclic) bond motifs is 2. The zero-order chi connectivity index (χ0) is 52.1. The van der Waals surface area contributed by atoms with Crippen molar-refractivity contribution in [2.75, 3.05) is 83.2 Å². The maximum absolute atomic E-state index is 12.9. The smallest absolute Gasteiger partial charge is 0.260 e. The van der Waals surface area contributed by atoms with E-state index in [1.807, 2.05) is 135 Å². The molecule has 0 bridgehead atoms. The van der Waals surface area contributed by atoms with E-state index < -0.39 is 9.84 Å². The van der Waals surface area contributed by atoms with Gasteiger partial charge in [-0.3, -0.25) is 19.3 Å². The predicted molar refractivity (Wildman–Crippen MR) is 289 cm³/mol. The molecule has 1 saturated heterocycles. The number of hydrogen-bond donors (Lipinski definition) is 3. The highest BCUT2D eigenvalue weighted by atomic mass is 32.2. The summed E-state index contributed by atoms with van der Waals surface area (Å²) in [5.41, 5.74) is 7.61. The Balaban J connectivity index is 0.000000219. The average molecular weight is 994 g/mol. The molecule has 3 N–H and O–H groups in total. The molecule has 2 aliphatic heterocycles. The lowest BCUT2D eigenvalue weighted by molar-refractivity contribution is -0.123. The summed E-state index contributed by atoms with van der Waals surface area (Å²) >= 11 is 0. The van der Waals surface area contributed by atoms with Crippen molar-refractivity contribution in [3.8, 4) is 0 Å². The molecule has 0 saturated carbocycles. The number of benzene rings is 4. The Kier molecular flexibility index (Phi) is 16.1. The maximum atomic E-state index is 12.9. The summed E-state index contributed by atoms with van der Waals surface area (Å²) in [7, 11) is 0.193. The van der Waals surface area contributed by atoms with Crippen molar-refractivity contribution in [1.29, 1.82) is 0 Å². The lowest BCUT2D eigenvalue weighted by Crippen LogP contribution is -2.48. The molecular formula is C55H67N11O5S. The minimum atomic E-state index is -3.42. The van der Waals surface area contributed by atoms with E-state index in [-0.39, 0.29) is 39.6 Å². The lowest BCUT2D eigenvalue weighted by atomic mass is 9.99. The number of para-hydroxylation sites is 1. The zero-order valence-corrected chi connectivity index (χ0v) is 44.1. The number of nitrogens with one attached hydrogen (secondary N) is 3. The van der Waals surface area contributed by atoms with Gasteiger partial charge in [0.15, 0.2) is 21.4 Å². The van der Waals surface area contributed by atoms with Gasteiger partial charge in [0, 0.05) is 92.2 Å². The number of rotatable bonds is 14. The first-order valence-electron chi connectivity index (χ1n) is 24.3.